The fourth-order valence-electron chi connectivity index (χ4n) is 1.88. The van der Waals surface area contributed by atoms with Crippen LogP contribution in [0.2, 0.25) is 0 Å². The largest absolute Gasteiger partial charge is 0.496 e. The first-order chi connectivity index (χ1) is 9.61. The molecule has 1 amide bonds. The highest BCUT2D eigenvalue weighted by atomic mass is 16.5. The molecule has 0 fully saturated rings. The molecule has 3 N–H and O–H groups in total. The molecule has 1 aromatic heterocycles. The van der Waals surface area contributed by atoms with Crippen molar-refractivity contribution in [3.05, 3.63) is 53.9 Å². The van der Waals surface area contributed by atoms with E-state index in [2.05, 4.69) is 10.3 Å². The van der Waals surface area contributed by atoms with Crippen LogP contribution in [0.3, 0.4) is 0 Å². The number of aromatic nitrogens is 1. The smallest absolute Gasteiger partial charge is 0.255 e. The van der Waals surface area contributed by atoms with Gasteiger partial charge in [0.2, 0.25) is 0 Å². The summed E-state index contributed by atoms with van der Waals surface area (Å²) in [7, 11) is 1.52. The number of carbonyl (C=O) groups is 1. The van der Waals surface area contributed by atoms with Gasteiger partial charge in [-0.05, 0) is 37.3 Å². The fraction of sp³-hybridized carbons (Fsp3) is 0.200. The minimum Gasteiger partial charge on any atom is -0.496 e. The number of hydrogen-bond acceptors (Lipinski definition) is 4. The number of nitrogens with one attached hydrogen (secondary N) is 1. The Labute approximate surface area is 117 Å². The predicted molar refractivity (Wildman–Crippen MR) is 77.5 cm³/mol. The van der Waals surface area contributed by atoms with E-state index in [9.17, 15) is 4.79 Å². The summed E-state index contributed by atoms with van der Waals surface area (Å²) < 4.78 is 5.18. The van der Waals surface area contributed by atoms with E-state index in [1.54, 1.807) is 24.4 Å². The minimum absolute atomic E-state index is 0.199. The summed E-state index contributed by atoms with van der Waals surface area (Å²) in [5, 5.41) is 2.88. The summed E-state index contributed by atoms with van der Waals surface area (Å²) in [6.07, 6.45) is 1.69. The lowest BCUT2D eigenvalue weighted by Gasteiger charge is -2.15. The van der Waals surface area contributed by atoms with Crippen LogP contribution in [0, 0.1) is 0 Å². The van der Waals surface area contributed by atoms with Crippen molar-refractivity contribution in [3.8, 4) is 5.75 Å². The van der Waals surface area contributed by atoms with Crippen molar-refractivity contribution in [2.45, 2.75) is 13.0 Å². The Bertz CT molecular complexity index is 599. The van der Waals surface area contributed by atoms with Crippen molar-refractivity contribution in [2.24, 2.45) is 0 Å². The SMILES string of the molecule is COc1ccc(N)cc1C(=O)NC(C)c1ccccn1. The van der Waals surface area contributed by atoms with Gasteiger partial charge in [0, 0.05) is 11.9 Å². The Morgan fingerprint density at radius 3 is 2.80 bits per heavy atom. The van der Waals surface area contributed by atoms with Crippen molar-refractivity contribution in [3.63, 3.8) is 0 Å². The molecule has 0 radical (unpaired) electrons. The van der Waals surface area contributed by atoms with E-state index in [1.165, 1.54) is 7.11 Å². The first-order valence-electron chi connectivity index (χ1n) is 6.27. The number of nitrogens with zero attached hydrogens (tertiary/aromatic N) is 1. The Morgan fingerprint density at radius 1 is 1.35 bits per heavy atom. The van der Waals surface area contributed by atoms with Gasteiger partial charge in [0.25, 0.3) is 5.91 Å². The van der Waals surface area contributed by atoms with Crippen molar-refractivity contribution in [2.75, 3.05) is 12.8 Å². The summed E-state index contributed by atoms with van der Waals surface area (Å²) in [5.74, 6) is 0.247. The van der Waals surface area contributed by atoms with Gasteiger partial charge >= 0.3 is 0 Å². The zero-order valence-corrected chi connectivity index (χ0v) is 11.5. The Kier molecular flexibility index (Phi) is 4.20. The summed E-state index contributed by atoms with van der Waals surface area (Å²) in [4.78, 5) is 16.5. The van der Waals surface area contributed by atoms with E-state index in [-0.39, 0.29) is 11.9 Å². The van der Waals surface area contributed by atoms with Crippen molar-refractivity contribution in [1.29, 1.82) is 0 Å². The maximum Gasteiger partial charge on any atom is 0.255 e. The number of methoxy groups -OCH3 is 1. The molecule has 1 aromatic carbocycles. The van der Waals surface area contributed by atoms with E-state index in [0.29, 0.717) is 17.0 Å². The fourth-order valence-corrected chi connectivity index (χ4v) is 1.88. The van der Waals surface area contributed by atoms with Crippen molar-refractivity contribution in [1.82, 2.24) is 10.3 Å². The average molecular weight is 271 g/mol. The Hall–Kier alpha value is -2.56. The van der Waals surface area contributed by atoms with E-state index >= 15 is 0 Å². The van der Waals surface area contributed by atoms with Gasteiger partial charge in [-0.2, -0.15) is 0 Å². The molecule has 1 unspecified atom stereocenters. The van der Waals surface area contributed by atoms with Gasteiger partial charge in [0.15, 0.2) is 0 Å². The molecule has 0 saturated heterocycles. The number of benzene rings is 1. The second-order valence-corrected chi connectivity index (χ2v) is 4.41. The zero-order chi connectivity index (χ0) is 14.5. The topological polar surface area (TPSA) is 77.2 Å². The molecule has 0 bridgehead atoms. The van der Waals surface area contributed by atoms with Crippen LogP contribution in [0.15, 0.2) is 42.6 Å². The lowest BCUT2D eigenvalue weighted by Crippen LogP contribution is -2.27. The maximum absolute atomic E-state index is 12.3. The van der Waals surface area contributed by atoms with Gasteiger partial charge < -0.3 is 15.8 Å². The van der Waals surface area contributed by atoms with Crippen LogP contribution >= 0.6 is 0 Å². The number of nitrogen functional groups attached to an aromatic ring is 1. The second-order valence-electron chi connectivity index (χ2n) is 4.41. The normalized spacial score (nSPS) is 11.7. The van der Waals surface area contributed by atoms with Crippen molar-refractivity contribution < 1.29 is 9.53 Å². The number of hydrogen-bond donors (Lipinski definition) is 2. The molecule has 2 aromatic rings. The monoisotopic (exact) mass is 271 g/mol. The number of anilines is 1. The van der Waals surface area contributed by atoms with Gasteiger partial charge in [-0.1, -0.05) is 6.07 Å². The third-order valence-electron chi connectivity index (χ3n) is 2.95. The van der Waals surface area contributed by atoms with Crippen LogP contribution in [0.5, 0.6) is 5.75 Å². The van der Waals surface area contributed by atoms with Crippen molar-refractivity contribution >= 4 is 11.6 Å². The number of ether oxygens (including phenoxy) is 1. The average Bonchev–Trinajstić information content (AvgIpc) is 2.48. The molecule has 1 heterocycles. The van der Waals surface area contributed by atoms with E-state index in [4.69, 9.17) is 10.5 Å². The standard InChI is InChI=1S/C15H17N3O2/c1-10(13-5-3-4-8-17-13)18-15(19)12-9-11(16)6-7-14(12)20-2/h3-10H,16H2,1-2H3,(H,18,19). The number of rotatable bonds is 4. The van der Waals surface area contributed by atoms with Crippen LogP contribution in [0.1, 0.15) is 29.0 Å². The Balaban J connectivity index is 2.18. The van der Waals surface area contributed by atoms with E-state index in [1.807, 2.05) is 25.1 Å². The van der Waals surface area contributed by atoms with Crippen LogP contribution in [0.4, 0.5) is 5.69 Å². The molecule has 5 nitrogen and oxygen atoms in total. The van der Waals surface area contributed by atoms with Crippen LogP contribution < -0.4 is 15.8 Å². The van der Waals surface area contributed by atoms with E-state index in [0.717, 1.165) is 5.69 Å². The minimum atomic E-state index is -0.243. The highest BCUT2D eigenvalue weighted by Crippen LogP contribution is 2.22. The van der Waals surface area contributed by atoms with E-state index < -0.39 is 0 Å². The van der Waals surface area contributed by atoms with Gasteiger partial charge in [0.05, 0.1) is 24.4 Å². The second kappa shape index (κ2) is 6.06. The molecule has 0 spiro atoms. The number of amides is 1. The lowest BCUT2D eigenvalue weighted by atomic mass is 10.1. The third-order valence-corrected chi connectivity index (χ3v) is 2.95. The van der Waals surface area contributed by atoms with Crippen LogP contribution in [0.25, 0.3) is 0 Å². The van der Waals surface area contributed by atoms with Gasteiger partial charge in [-0.25, -0.2) is 0 Å². The highest BCUT2D eigenvalue weighted by molar-refractivity contribution is 5.98. The predicted octanol–water partition coefficient (Wildman–Crippen LogP) is 2.16. The maximum atomic E-state index is 12.3. The molecule has 104 valence electrons. The first kappa shape index (κ1) is 13.9. The highest BCUT2D eigenvalue weighted by Gasteiger charge is 2.16. The summed E-state index contributed by atoms with van der Waals surface area (Å²) in [5.41, 5.74) is 7.44. The third kappa shape index (κ3) is 3.06. The molecule has 0 aliphatic heterocycles. The molecule has 0 saturated carbocycles. The number of pyridine rings is 1. The van der Waals surface area contributed by atoms with Gasteiger partial charge in [-0.15, -0.1) is 0 Å². The number of nitrogens with two attached hydrogens (primary N) is 1. The molecule has 2 rings (SSSR count). The molecule has 0 aliphatic carbocycles. The van der Waals surface area contributed by atoms with Gasteiger partial charge in [0.1, 0.15) is 5.75 Å². The molecule has 1 atom stereocenters. The lowest BCUT2D eigenvalue weighted by molar-refractivity contribution is 0.0936. The quantitative estimate of drug-likeness (QED) is 0.835. The first-order valence-corrected chi connectivity index (χ1v) is 6.27. The molecular weight excluding hydrogens is 254 g/mol. The summed E-state index contributed by atoms with van der Waals surface area (Å²) in [6.45, 7) is 1.87. The molecule has 20 heavy (non-hydrogen) atoms. The van der Waals surface area contributed by atoms with Crippen LogP contribution in [-0.4, -0.2) is 18.0 Å². The van der Waals surface area contributed by atoms with Crippen LogP contribution in [-0.2, 0) is 0 Å². The molecule has 5 heteroatoms. The number of carbonyl (C=O) groups excluding carboxylic acids is 1. The summed E-state index contributed by atoms with van der Waals surface area (Å²) >= 11 is 0. The van der Waals surface area contributed by atoms with Gasteiger partial charge in [-0.3, -0.25) is 9.78 Å². The molecular formula is C15H17N3O2. The zero-order valence-electron chi connectivity index (χ0n) is 11.5. The summed E-state index contributed by atoms with van der Waals surface area (Å²) in [6, 6.07) is 10.3. The molecule has 0 aliphatic rings. The Morgan fingerprint density at radius 2 is 2.15 bits per heavy atom.